The number of nitrogens with zero attached hydrogens (tertiary/aromatic N) is 1. The smallest absolute Gasteiger partial charge is 0.237 e. The summed E-state index contributed by atoms with van der Waals surface area (Å²) in [5.41, 5.74) is 0. The molecule has 0 radical (unpaired) electrons. The van der Waals surface area contributed by atoms with Crippen LogP contribution in [0.4, 0.5) is 0 Å². The zero-order valence-corrected chi connectivity index (χ0v) is 11.5. The summed E-state index contributed by atoms with van der Waals surface area (Å²) >= 11 is 0. The SMILES string of the molecule is CCCCN(CCCC)C1CCCCNC1=O. The maximum absolute atomic E-state index is 12.0. The van der Waals surface area contributed by atoms with Crippen LogP contribution in [0.2, 0.25) is 0 Å². The zero-order chi connectivity index (χ0) is 12.5. The van der Waals surface area contributed by atoms with Crippen molar-refractivity contribution < 1.29 is 4.79 Å². The Labute approximate surface area is 106 Å². The normalized spacial score (nSPS) is 21.4. The fourth-order valence-electron chi connectivity index (χ4n) is 2.42. The van der Waals surface area contributed by atoms with Gasteiger partial charge in [-0.3, -0.25) is 9.69 Å². The van der Waals surface area contributed by atoms with Crippen molar-refractivity contribution in [3.8, 4) is 0 Å². The highest BCUT2D eigenvalue weighted by Gasteiger charge is 2.26. The molecule has 3 nitrogen and oxygen atoms in total. The monoisotopic (exact) mass is 240 g/mol. The van der Waals surface area contributed by atoms with E-state index in [0.29, 0.717) is 0 Å². The Morgan fingerprint density at radius 2 is 1.82 bits per heavy atom. The lowest BCUT2D eigenvalue weighted by molar-refractivity contribution is -0.126. The van der Waals surface area contributed by atoms with Gasteiger partial charge in [-0.15, -0.1) is 0 Å². The van der Waals surface area contributed by atoms with Crippen LogP contribution in [0, 0.1) is 0 Å². The predicted molar refractivity (Wildman–Crippen MR) is 72.0 cm³/mol. The summed E-state index contributed by atoms with van der Waals surface area (Å²) in [6.45, 7) is 7.45. The van der Waals surface area contributed by atoms with E-state index in [4.69, 9.17) is 0 Å². The van der Waals surface area contributed by atoms with Crippen LogP contribution in [0.5, 0.6) is 0 Å². The number of hydrogen-bond donors (Lipinski definition) is 1. The van der Waals surface area contributed by atoms with Crippen LogP contribution in [0.15, 0.2) is 0 Å². The van der Waals surface area contributed by atoms with Gasteiger partial charge in [0.25, 0.3) is 0 Å². The quantitative estimate of drug-likeness (QED) is 0.742. The number of carbonyl (C=O) groups is 1. The Hall–Kier alpha value is -0.570. The van der Waals surface area contributed by atoms with Gasteiger partial charge in [0, 0.05) is 6.54 Å². The summed E-state index contributed by atoms with van der Waals surface area (Å²) in [7, 11) is 0. The molecule has 0 aliphatic carbocycles. The van der Waals surface area contributed by atoms with Gasteiger partial charge in [-0.25, -0.2) is 0 Å². The van der Waals surface area contributed by atoms with Crippen molar-refractivity contribution in [2.24, 2.45) is 0 Å². The first-order valence-corrected chi connectivity index (χ1v) is 7.31. The highest BCUT2D eigenvalue weighted by atomic mass is 16.2. The van der Waals surface area contributed by atoms with Crippen LogP contribution in [0.25, 0.3) is 0 Å². The van der Waals surface area contributed by atoms with E-state index in [9.17, 15) is 4.79 Å². The molecule has 100 valence electrons. The predicted octanol–water partition coefficient (Wildman–Crippen LogP) is 2.56. The van der Waals surface area contributed by atoms with Gasteiger partial charge in [-0.2, -0.15) is 0 Å². The molecular weight excluding hydrogens is 212 g/mol. The topological polar surface area (TPSA) is 32.3 Å². The summed E-state index contributed by atoms with van der Waals surface area (Å²) < 4.78 is 0. The van der Waals surface area contributed by atoms with Gasteiger partial charge in [0.15, 0.2) is 0 Å². The maximum Gasteiger partial charge on any atom is 0.237 e. The Morgan fingerprint density at radius 3 is 2.41 bits per heavy atom. The third-order valence-electron chi connectivity index (χ3n) is 3.54. The summed E-state index contributed by atoms with van der Waals surface area (Å²) in [4.78, 5) is 14.4. The van der Waals surface area contributed by atoms with Crippen LogP contribution >= 0.6 is 0 Å². The molecule has 0 aromatic carbocycles. The molecule has 1 heterocycles. The molecule has 1 aliphatic rings. The second-order valence-electron chi connectivity index (χ2n) is 5.05. The number of rotatable bonds is 7. The molecule has 1 fully saturated rings. The van der Waals surface area contributed by atoms with E-state index in [1.807, 2.05) is 0 Å². The van der Waals surface area contributed by atoms with Crippen LogP contribution in [0.3, 0.4) is 0 Å². The highest BCUT2D eigenvalue weighted by molar-refractivity contribution is 5.81. The molecule has 1 saturated heterocycles. The average Bonchev–Trinajstić information content (AvgIpc) is 2.55. The van der Waals surface area contributed by atoms with E-state index < -0.39 is 0 Å². The van der Waals surface area contributed by atoms with Crippen molar-refractivity contribution in [2.45, 2.75) is 64.8 Å². The Morgan fingerprint density at radius 1 is 1.18 bits per heavy atom. The van der Waals surface area contributed by atoms with Gasteiger partial charge in [0.05, 0.1) is 6.04 Å². The molecule has 1 unspecified atom stereocenters. The standard InChI is InChI=1S/C14H28N2O/c1-3-5-11-16(12-6-4-2)13-9-7-8-10-15-14(13)17/h13H,3-12H2,1-2H3,(H,15,17). The minimum atomic E-state index is 0.135. The molecular formula is C14H28N2O. The van der Waals surface area contributed by atoms with Gasteiger partial charge < -0.3 is 5.32 Å². The molecule has 3 heteroatoms. The second kappa shape index (κ2) is 8.51. The van der Waals surface area contributed by atoms with E-state index in [2.05, 4.69) is 24.1 Å². The second-order valence-corrected chi connectivity index (χ2v) is 5.05. The molecule has 1 aliphatic heterocycles. The largest absolute Gasteiger partial charge is 0.355 e. The van der Waals surface area contributed by atoms with Gasteiger partial charge in [-0.05, 0) is 45.2 Å². The number of amides is 1. The van der Waals surface area contributed by atoms with Crippen molar-refractivity contribution in [1.82, 2.24) is 10.2 Å². The van der Waals surface area contributed by atoms with E-state index in [-0.39, 0.29) is 11.9 Å². The van der Waals surface area contributed by atoms with Gasteiger partial charge in [-0.1, -0.05) is 26.7 Å². The molecule has 1 N–H and O–H groups in total. The molecule has 0 aromatic rings. The first-order chi connectivity index (χ1) is 8.29. The summed E-state index contributed by atoms with van der Waals surface area (Å²) in [5, 5.41) is 3.05. The average molecular weight is 240 g/mol. The lowest BCUT2D eigenvalue weighted by atomic mass is 10.1. The third-order valence-corrected chi connectivity index (χ3v) is 3.54. The summed E-state index contributed by atoms with van der Waals surface area (Å²) in [5.74, 6) is 0.259. The molecule has 0 saturated carbocycles. The maximum atomic E-state index is 12.0. The van der Waals surface area contributed by atoms with Crippen LogP contribution in [-0.4, -0.2) is 36.5 Å². The van der Waals surface area contributed by atoms with E-state index >= 15 is 0 Å². The fraction of sp³-hybridized carbons (Fsp3) is 0.929. The minimum Gasteiger partial charge on any atom is -0.355 e. The van der Waals surface area contributed by atoms with Crippen molar-refractivity contribution in [2.75, 3.05) is 19.6 Å². The van der Waals surface area contributed by atoms with Crippen LogP contribution < -0.4 is 5.32 Å². The zero-order valence-electron chi connectivity index (χ0n) is 11.5. The summed E-state index contributed by atoms with van der Waals surface area (Å²) in [6, 6.07) is 0.135. The lowest BCUT2D eigenvalue weighted by Gasteiger charge is -2.29. The number of nitrogens with one attached hydrogen (secondary N) is 1. The van der Waals surface area contributed by atoms with Crippen LogP contribution in [0.1, 0.15) is 58.8 Å². The molecule has 17 heavy (non-hydrogen) atoms. The summed E-state index contributed by atoms with van der Waals surface area (Å²) in [6.07, 6.45) is 8.17. The first-order valence-electron chi connectivity index (χ1n) is 7.31. The number of carbonyl (C=O) groups excluding carboxylic acids is 1. The first kappa shape index (κ1) is 14.5. The van der Waals surface area contributed by atoms with Gasteiger partial charge in [0.1, 0.15) is 0 Å². The minimum absolute atomic E-state index is 0.135. The molecule has 0 spiro atoms. The Bertz CT molecular complexity index is 210. The van der Waals surface area contributed by atoms with Crippen molar-refractivity contribution in [1.29, 1.82) is 0 Å². The van der Waals surface area contributed by atoms with Crippen molar-refractivity contribution in [3.05, 3.63) is 0 Å². The van der Waals surface area contributed by atoms with E-state index in [0.717, 1.165) is 32.5 Å². The van der Waals surface area contributed by atoms with Crippen LogP contribution in [-0.2, 0) is 4.79 Å². The molecule has 0 bridgehead atoms. The van der Waals surface area contributed by atoms with Crippen molar-refractivity contribution >= 4 is 5.91 Å². The third kappa shape index (κ3) is 5.07. The van der Waals surface area contributed by atoms with E-state index in [1.165, 1.54) is 32.1 Å². The van der Waals surface area contributed by atoms with Gasteiger partial charge in [0.2, 0.25) is 5.91 Å². The lowest BCUT2D eigenvalue weighted by Crippen LogP contribution is -2.46. The van der Waals surface area contributed by atoms with E-state index in [1.54, 1.807) is 0 Å². The fourth-order valence-corrected chi connectivity index (χ4v) is 2.42. The number of hydrogen-bond acceptors (Lipinski definition) is 2. The highest BCUT2D eigenvalue weighted by Crippen LogP contribution is 2.14. The Balaban J connectivity index is 2.54. The molecule has 1 amide bonds. The number of unbranched alkanes of at least 4 members (excludes halogenated alkanes) is 2. The van der Waals surface area contributed by atoms with Crippen molar-refractivity contribution in [3.63, 3.8) is 0 Å². The molecule has 0 aromatic heterocycles. The molecule has 1 atom stereocenters. The van der Waals surface area contributed by atoms with Gasteiger partial charge >= 0.3 is 0 Å². The molecule has 1 rings (SSSR count). The Kier molecular flexibility index (Phi) is 7.25.